The summed E-state index contributed by atoms with van der Waals surface area (Å²) in [6, 6.07) is 0.142. The predicted octanol–water partition coefficient (Wildman–Crippen LogP) is 0.302. The minimum absolute atomic E-state index is 0.0973. The van der Waals surface area contributed by atoms with Crippen molar-refractivity contribution in [1.82, 2.24) is 14.9 Å². The van der Waals surface area contributed by atoms with E-state index in [0.29, 0.717) is 24.5 Å². The van der Waals surface area contributed by atoms with E-state index in [2.05, 4.69) is 15.3 Å². The topological polar surface area (TPSA) is 67.4 Å². The van der Waals surface area contributed by atoms with E-state index in [9.17, 15) is 4.79 Å². The SMILES string of the molecule is [B]c1cnc(N[C@H]2CCN(C(=O)OC(C)C)C2)nc1. The highest BCUT2D eigenvalue weighted by Crippen LogP contribution is 2.14. The minimum Gasteiger partial charge on any atom is -0.447 e. The highest BCUT2D eigenvalue weighted by atomic mass is 16.6. The summed E-state index contributed by atoms with van der Waals surface area (Å²) in [6.45, 7) is 4.95. The van der Waals surface area contributed by atoms with E-state index in [1.165, 1.54) is 0 Å². The quantitative estimate of drug-likeness (QED) is 0.792. The summed E-state index contributed by atoms with van der Waals surface area (Å²) in [6.07, 6.45) is 3.59. The molecule has 1 aromatic rings. The number of amides is 1. The number of ether oxygens (including phenoxy) is 1. The number of hydrogen-bond acceptors (Lipinski definition) is 5. The van der Waals surface area contributed by atoms with Crippen molar-refractivity contribution in [3.05, 3.63) is 12.4 Å². The van der Waals surface area contributed by atoms with Gasteiger partial charge in [0.25, 0.3) is 0 Å². The van der Waals surface area contributed by atoms with Gasteiger partial charge in [0.2, 0.25) is 5.95 Å². The first-order valence-electron chi connectivity index (χ1n) is 6.34. The van der Waals surface area contributed by atoms with E-state index in [1.807, 2.05) is 13.8 Å². The van der Waals surface area contributed by atoms with Crippen molar-refractivity contribution < 1.29 is 9.53 Å². The maximum absolute atomic E-state index is 11.7. The molecule has 0 saturated carbocycles. The number of carbonyl (C=O) groups is 1. The summed E-state index contributed by atoms with van der Waals surface area (Å²) < 4.78 is 5.16. The van der Waals surface area contributed by atoms with Crippen LogP contribution in [0.4, 0.5) is 10.7 Å². The first-order valence-corrected chi connectivity index (χ1v) is 6.34. The van der Waals surface area contributed by atoms with Gasteiger partial charge in [-0.25, -0.2) is 14.8 Å². The maximum Gasteiger partial charge on any atom is 0.410 e. The molecule has 6 nitrogen and oxygen atoms in total. The van der Waals surface area contributed by atoms with Crippen LogP contribution in [0.1, 0.15) is 20.3 Å². The van der Waals surface area contributed by atoms with Crippen LogP contribution < -0.4 is 10.8 Å². The summed E-state index contributed by atoms with van der Waals surface area (Å²) >= 11 is 0. The molecular formula is C12H17BN4O2. The van der Waals surface area contributed by atoms with Crippen molar-refractivity contribution in [3.8, 4) is 0 Å². The summed E-state index contributed by atoms with van der Waals surface area (Å²) in [5.41, 5.74) is 0.527. The molecule has 19 heavy (non-hydrogen) atoms. The first-order chi connectivity index (χ1) is 9.04. The average Bonchev–Trinajstić information content (AvgIpc) is 2.80. The van der Waals surface area contributed by atoms with Crippen LogP contribution in [0.25, 0.3) is 0 Å². The van der Waals surface area contributed by atoms with Crippen LogP contribution in [0.5, 0.6) is 0 Å². The fraction of sp³-hybridized carbons (Fsp3) is 0.583. The van der Waals surface area contributed by atoms with Crippen molar-refractivity contribution in [3.63, 3.8) is 0 Å². The normalized spacial score (nSPS) is 18.7. The molecule has 2 rings (SSSR count). The van der Waals surface area contributed by atoms with Gasteiger partial charge in [-0.3, -0.25) is 0 Å². The van der Waals surface area contributed by atoms with E-state index < -0.39 is 0 Å². The third-order valence-corrected chi connectivity index (χ3v) is 2.79. The van der Waals surface area contributed by atoms with Gasteiger partial charge in [-0.15, -0.1) is 0 Å². The second-order valence-corrected chi connectivity index (χ2v) is 4.85. The Kier molecular flexibility index (Phi) is 4.24. The zero-order valence-electron chi connectivity index (χ0n) is 11.2. The van der Waals surface area contributed by atoms with Gasteiger partial charge in [-0.2, -0.15) is 0 Å². The van der Waals surface area contributed by atoms with E-state index >= 15 is 0 Å². The second-order valence-electron chi connectivity index (χ2n) is 4.85. The lowest BCUT2D eigenvalue weighted by molar-refractivity contribution is 0.0834. The van der Waals surface area contributed by atoms with Crippen molar-refractivity contribution in [2.45, 2.75) is 32.4 Å². The molecule has 1 aliphatic heterocycles. The Hall–Kier alpha value is -1.79. The molecule has 7 heteroatoms. The summed E-state index contributed by atoms with van der Waals surface area (Å²) in [4.78, 5) is 21.6. The Balaban J connectivity index is 1.85. The highest BCUT2D eigenvalue weighted by Gasteiger charge is 2.27. The van der Waals surface area contributed by atoms with E-state index in [4.69, 9.17) is 12.6 Å². The molecule has 1 fully saturated rings. The summed E-state index contributed by atoms with van der Waals surface area (Å²) in [7, 11) is 5.52. The van der Waals surface area contributed by atoms with Gasteiger partial charge in [0.15, 0.2) is 0 Å². The van der Waals surface area contributed by atoms with Crippen molar-refractivity contribution in [2.24, 2.45) is 0 Å². The largest absolute Gasteiger partial charge is 0.447 e. The lowest BCUT2D eigenvalue weighted by atomic mass is 10.0. The predicted molar refractivity (Wildman–Crippen MR) is 72.6 cm³/mol. The lowest BCUT2D eigenvalue weighted by Crippen LogP contribution is -2.33. The number of nitrogens with one attached hydrogen (secondary N) is 1. The molecule has 0 aliphatic carbocycles. The highest BCUT2D eigenvalue weighted by molar-refractivity contribution is 6.31. The molecule has 1 saturated heterocycles. The van der Waals surface area contributed by atoms with Crippen LogP contribution in [-0.2, 0) is 4.74 Å². The van der Waals surface area contributed by atoms with Crippen molar-refractivity contribution in [1.29, 1.82) is 0 Å². The molecule has 0 unspecified atom stereocenters. The molecule has 1 atom stereocenters. The molecule has 1 aromatic heterocycles. The smallest absolute Gasteiger partial charge is 0.410 e. The van der Waals surface area contributed by atoms with Gasteiger partial charge in [0, 0.05) is 31.5 Å². The standard InChI is InChI=1S/C12H17BN4O2/c1-8(2)19-12(18)17-4-3-10(7-17)16-11-14-5-9(13)6-15-11/h5-6,8,10H,3-4,7H2,1-2H3,(H,14,15,16)/t10-/m0/s1. The van der Waals surface area contributed by atoms with Gasteiger partial charge < -0.3 is 15.0 Å². The summed E-state index contributed by atoms with van der Waals surface area (Å²) in [5.74, 6) is 0.526. The Morgan fingerprint density at radius 1 is 1.53 bits per heavy atom. The zero-order chi connectivity index (χ0) is 13.8. The maximum atomic E-state index is 11.7. The van der Waals surface area contributed by atoms with Gasteiger partial charge in [-0.1, -0.05) is 5.46 Å². The Labute approximate surface area is 114 Å². The molecule has 1 aliphatic rings. The molecule has 0 spiro atoms. The number of anilines is 1. The second kappa shape index (κ2) is 5.90. The molecular weight excluding hydrogens is 243 g/mol. The molecule has 0 bridgehead atoms. The molecule has 100 valence electrons. The van der Waals surface area contributed by atoms with Crippen LogP contribution >= 0.6 is 0 Å². The molecule has 2 heterocycles. The average molecular weight is 260 g/mol. The Morgan fingerprint density at radius 2 is 2.21 bits per heavy atom. The number of aromatic nitrogens is 2. The molecule has 0 aromatic carbocycles. The van der Waals surface area contributed by atoms with Crippen LogP contribution in [0.3, 0.4) is 0 Å². The third-order valence-electron chi connectivity index (χ3n) is 2.79. The molecule has 1 amide bonds. The van der Waals surface area contributed by atoms with Crippen LogP contribution in [0, 0.1) is 0 Å². The minimum atomic E-state index is -0.266. The first kappa shape index (κ1) is 13.6. The van der Waals surface area contributed by atoms with Gasteiger partial charge >= 0.3 is 6.09 Å². The Morgan fingerprint density at radius 3 is 2.84 bits per heavy atom. The van der Waals surface area contributed by atoms with Crippen molar-refractivity contribution >= 4 is 25.4 Å². The van der Waals surface area contributed by atoms with Gasteiger partial charge in [0.1, 0.15) is 7.85 Å². The van der Waals surface area contributed by atoms with Crippen molar-refractivity contribution in [2.75, 3.05) is 18.4 Å². The zero-order valence-corrected chi connectivity index (χ0v) is 11.2. The monoisotopic (exact) mass is 260 g/mol. The summed E-state index contributed by atoms with van der Waals surface area (Å²) in [5, 5.41) is 3.18. The van der Waals surface area contributed by atoms with E-state index in [-0.39, 0.29) is 18.2 Å². The van der Waals surface area contributed by atoms with Gasteiger partial charge in [0.05, 0.1) is 6.10 Å². The number of hydrogen-bond donors (Lipinski definition) is 1. The number of rotatable bonds is 3. The third kappa shape index (κ3) is 3.84. The fourth-order valence-electron chi connectivity index (χ4n) is 1.92. The molecule has 1 N–H and O–H groups in total. The fourth-order valence-corrected chi connectivity index (χ4v) is 1.92. The van der Waals surface area contributed by atoms with Crippen LogP contribution in [-0.4, -0.2) is 54.0 Å². The number of nitrogens with zero attached hydrogens (tertiary/aromatic N) is 3. The van der Waals surface area contributed by atoms with E-state index in [0.717, 1.165) is 6.42 Å². The van der Waals surface area contributed by atoms with Crippen LogP contribution in [0.15, 0.2) is 12.4 Å². The Bertz CT molecular complexity index is 438. The van der Waals surface area contributed by atoms with Crippen LogP contribution in [0.2, 0.25) is 0 Å². The lowest BCUT2D eigenvalue weighted by Gasteiger charge is -2.18. The molecule has 2 radical (unpaired) electrons. The van der Waals surface area contributed by atoms with E-state index in [1.54, 1.807) is 17.3 Å². The number of carbonyl (C=O) groups excluding carboxylic acids is 1. The number of likely N-dealkylation sites (tertiary alicyclic amines) is 1. The van der Waals surface area contributed by atoms with Gasteiger partial charge in [-0.05, 0) is 20.3 Å².